The normalized spacial score (nSPS) is 19.6. The topological polar surface area (TPSA) is 151 Å². The molecule has 2 aliphatic heterocycles. The van der Waals surface area contributed by atoms with Crippen LogP contribution >= 0.6 is 34.4 Å². The van der Waals surface area contributed by atoms with Crippen LogP contribution in [0.25, 0.3) is 10.2 Å². The third-order valence-electron chi connectivity index (χ3n) is 6.00. The molecule has 1 unspecified atom stereocenters. The van der Waals surface area contributed by atoms with Gasteiger partial charge in [-0.1, -0.05) is 23.4 Å². The van der Waals surface area contributed by atoms with Gasteiger partial charge in [0, 0.05) is 27.6 Å². The van der Waals surface area contributed by atoms with Crippen LogP contribution in [-0.4, -0.2) is 62.8 Å². The number of β-lactam (4-membered cyclic amide) rings is 1. The Labute approximate surface area is 223 Å². The molecule has 1 saturated heterocycles. The molecular weight excluding hydrogens is 536 g/mol. The number of nitrogen functional groups attached to an aromatic ring is 1. The third kappa shape index (κ3) is 4.55. The number of carbonyl (C=O) groups is 3. The number of nitrogens with two attached hydrogens (primary N) is 1. The van der Waals surface area contributed by atoms with E-state index in [0.29, 0.717) is 17.9 Å². The monoisotopic (exact) mass is 559 g/mol. The maximum atomic E-state index is 13.1. The molecule has 2 atom stereocenters. The highest BCUT2D eigenvalue weighted by Gasteiger charge is 2.54. The number of rotatable bonds is 8. The number of thiophene rings is 1. The highest BCUT2D eigenvalue weighted by molar-refractivity contribution is 8.00. The number of nitrogens with zero attached hydrogens (tertiary/aromatic N) is 4. The average molecular weight is 560 g/mol. The molecule has 0 saturated carbocycles. The molecule has 0 spiro atoms. The zero-order chi connectivity index (χ0) is 26.3. The zero-order valence-electron chi connectivity index (χ0n) is 19.8. The van der Waals surface area contributed by atoms with Gasteiger partial charge in [0.25, 0.3) is 16.6 Å². The molecule has 5 heterocycles. The van der Waals surface area contributed by atoms with E-state index < -0.39 is 29.2 Å². The lowest BCUT2D eigenvalue weighted by Crippen LogP contribution is -2.71. The Morgan fingerprint density at radius 3 is 2.92 bits per heavy atom. The summed E-state index contributed by atoms with van der Waals surface area (Å²) in [5, 5.41) is 18.8. The van der Waals surface area contributed by atoms with Crippen LogP contribution < -0.4 is 15.6 Å². The van der Waals surface area contributed by atoms with Crippen LogP contribution in [0, 0.1) is 0 Å². The van der Waals surface area contributed by atoms with Crippen molar-refractivity contribution < 1.29 is 28.9 Å². The molecule has 5 rings (SSSR count). The van der Waals surface area contributed by atoms with Crippen LogP contribution in [0.3, 0.4) is 0 Å². The number of anilines is 1. The van der Waals surface area contributed by atoms with Crippen molar-refractivity contribution in [2.24, 2.45) is 5.16 Å². The fraction of sp³-hybridized carbons (Fsp3) is 0.304. The molecule has 2 amide bonds. The number of hydrogen-bond acceptors (Lipinski definition) is 10. The number of aromatic nitrogens is 2. The second kappa shape index (κ2) is 10.1. The zero-order valence-corrected chi connectivity index (χ0v) is 22.3. The number of carbonyl (C=O) groups excluding carboxylic acids is 2. The van der Waals surface area contributed by atoms with Crippen LogP contribution in [-0.2, 0) is 32.2 Å². The maximum Gasteiger partial charge on any atom is 0.352 e. The quantitative estimate of drug-likeness (QED) is 0.163. The maximum absolute atomic E-state index is 13.1. The summed E-state index contributed by atoms with van der Waals surface area (Å²) in [5.41, 5.74) is 6.37. The Balaban J connectivity index is 1.38. The van der Waals surface area contributed by atoms with Crippen molar-refractivity contribution >= 4 is 73.3 Å². The summed E-state index contributed by atoms with van der Waals surface area (Å²) in [4.78, 5) is 50.7. The second-order valence-electron chi connectivity index (χ2n) is 8.27. The van der Waals surface area contributed by atoms with E-state index in [9.17, 15) is 19.5 Å². The van der Waals surface area contributed by atoms with Gasteiger partial charge in [-0.3, -0.25) is 14.5 Å². The number of carboxylic acids is 1. The van der Waals surface area contributed by atoms with Gasteiger partial charge in [-0.2, -0.15) is 4.57 Å². The second-order valence-corrected chi connectivity index (χ2v) is 11.4. The van der Waals surface area contributed by atoms with Gasteiger partial charge in [0.2, 0.25) is 0 Å². The molecule has 3 aromatic rings. The Kier molecular flexibility index (Phi) is 6.88. The summed E-state index contributed by atoms with van der Waals surface area (Å²) in [6.45, 7) is 2.44. The first-order valence-corrected chi connectivity index (χ1v) is 14.0. The molecule has 11 nitrogen and oxygen atoms in total. The van der Waals surface area contributed by atoms with Gasteiger partial charge in [-0.05, 0) is 18.6 Å². The predicted molar refractivity (Wildman–Crippen MR) is 141 cm³/mol. The van der Waals surface area contributed by atoms with Gasteiger partial charge in [-0.25, -0.2) is 9.78 Å². The highest BCUT2D eigenvalue weighted by atomic mass is 32.2. The molecule has 1 fully saturated rings. The van der Waals surface area contributed by atoms with Crippen LogP contribution in [0.1, 0.15) is 17.5 Å². The van der Waals surface area contributed by atoms with E-state index in [1.54, 1.807) is 16.7 Å². The SMILES string of the molecule is CCc1cc2ccc[n+](CC3=C(C(=O)O)N4C(=O)C(NC(=O)/C(=N\OC)c5csc(N)n5)[C@H]4SC3)c2s1. The van der Waals surface area contributed by atoms with E-state index in [-0.39, 0.29) is 22.2 Å². The van der Waals surface area contributed by atoms with Crippen LogP contribution in [0.4, 0.5) is 5.13 Å². The van der Waals surface area contributed by atoms with E-state index in [2.05, 4.69) is 28.4 Å². The van der Waals surface area contributed by atoms with Crippen molar-refractivity contribution in [3.05, 3.63) is 51.6 Å². The molecule has 37 heavy (non-hydrogen) atoms. The Morgan fingerprint density at radius 2 is 2.24 bits per heavy atom. The fourth-order valence-electron chi connectivity index (χ4n) is 4.32. The number of nitrogens with one attached hydrogen (secondary N) is 1. The molecule has 14 heteroatoms. The molecular formula is C23H23N6O5S3+. The first-order chi connectivity index (χ1) is 17.8. The first-order valence-electron chi connectivity index (χ1n) is 11.3. The summed E-state index contributed by atoms with van der Waals surface area (Å²) >= 11 is 4.23. The number of thioether (sulfide) groups is 1. The van der Waals surface area contributed by atoms with Gasteiger partial charge >= 0.3 is 5.97 Å². The number of amides is 2. The van der Waals surface area contributed by atoms with Crippen LogP contribution in [0.2, 0.25) is 0 Å². The first kappa shape index (κ1) is 25.2. The number of aliphatic carboxylic acids is 1. The van der Waals surface area contributed by atoms with Crippen molar-refractivity contribution in [1.29, 1.82) is 0 Å². The lowest BCUT2D eigenvalue weighted by atomic mass is 10.0. The number of hydrogen-bond donors (Lipinski definition) is 3. The molecule has 3 aromatic heterocycles. The highest BCUT2D eigenvalue weighted by Crippen LogP contribution is 2.40. The number of fused-ring (bicyclic) bond motifs is 2. The predicted octanol–water partition coefficient (Wildman–Crippen LogP) is 1.58. The van der Waals surface area contributed by atoms with Crippen LogP contribution in [0.15, 0.2) is 46.2 Å². The van der Waals surface area contributed by atoms with E-state index in [1.807, 2.05) is 22.9 Å². The molecule has 0 aromatic carbocycles. The largest absolute Gasteiger partial charge is 0.477 e. The minimum atomic E-state index is -1.17. The van der Waals surface area contributed by atoms with Crippen molar-refractivity contribution in [2.75, 3.05) is 18.6 Å². The number of oxime groups is 1. The summed E-state index contributed by atoms with van der Waals surface area (Å²) < 4.78 is 2.02. The molecule has 0 bridgehead atoms. The molecule has 192 valence electrons. The van der Waals surface area contributed by atoms with Gasteiger partial charge < -0.3 is 21.0 Å². The summed E-state index contributed by atoms with van der Waals surface area (Å²) in [7, 11) is 1.29. The third-order valence-corrected chi connectivity index (χ3v) is 9.35. The number of carboxylic acid groups (broad SMARTS) is 1. The smallest absolute Gasteiger partial charge is 0.352 e. The van der Waals surface area contributed by atoms with Crippen molar-refractivity contribution in [3.63, 3.8) is 0 Å². The van der Waals surface area contributed by atoms with Crippen molar-refractivity contribution in [3.8, 4) is 0 Å². The van der Waals surface area contributed by atoms with Crippen LogP contribution in [0.5, 0.6) is 0 Å². The lowest BCUT2D eigenvalue weighted by Gasteiger charge is -2.49. The Bertz CT molecular complexity index is 1480. The number of pyridine rings is 1. The fourth-order valence-corrected chi connectivity index (χ4v) is 7.27. The van der Waals surface area contributed by atoms with Gasteiger partial charge in [0.1, 0.15) is 29.9 Å². The molecule has 2 aliphatic rings. The standard InChI is InChI=1S/C23H22N6O5S3/c1-3-13-7-11-5-4-6-28(20(11)37-13)8-12-9-35-21-16(19(31)29(21)17(12)22(32)33)26-18(30)15(27-34-2)14-10-36-23(24)25-14/h4-7,10,16,21H,3,8-9H2,1-2H3,(H3-,24,25,26,30,32,33)/p+1/b27-15-/t16?,21-/m1/s1. The van der Waals surface area contributed by atoms with Gasteiger partial charge in [-0.15, -0.1) is 23.1 Å². The summed E-state index contributed by atoms with van der Waals surface area (Å²) in [5.74, 6) is -1.93. The molecule has 4 N–H and O–H groups in total. The van der Waals surface area contributed by atoms with E-state index in [0.717, 1.165) is 28.0 Å². The van der Waals surface area contributed by atoms with E-state index in [4.69, 9.17) is 10.6 Å². The summed E-state index contributed by atoms with van der Waals surface area (Å²) in [6, 6.07) is 5.20. The van der Waals surface area contributed by atoms with Crippen molar-refractivity contribution in [1.82, 2.24) is 15.2 Å². The number of thiazole rings is 1. The Morgan fingerprint density at radius 1 is 1.43 bits per heavy atom. The molecule has 0 radical (unpaired) electrons. The van der Waals surface area contributed by atoms with Gasteiger partial charge in [0.15, 0.2) is 23.6 Å². The lowest BCUT2D eigenvalue weighted by molar-refractivity contribution is -0.661. The minimum absolute atomic E-state index is 0.0333. The summed E-state index contributed by atoms with van der Waals surface area (Å²) in [6.07, 6.45) is 2.84. The number of aryl methyl sites for hydroxylation is 1. The minimum Gasteiger partial charge on any atom is -0.477 e. The van der Waals surface area contributed by atoms with Gasteiger partial charge in [0.05, 0.1) is 5.39 Å². The van der Waals surface area contributed by atoms with E-state index in [1.165, 1.54) is 28.6 Å². The van der Waals surface area contributed by atoms with Crippen molar-refractivity contribution in [2.45, 2.75) is 31.3 Å². The molecule has 0 aliphatic carbocycles. The average Bonchev–Trinajstić information content (AvgIpc) is 3.51. The van der Waals surface area contributed by atoms with E-state index >= 15 is 0 Å². The Hall–Kier alpha value is -3.49.